The number of benzene rings is 1. The lowest BCUT2D eigenvalue weighted by atomic mass is 9.99. The van der Waals surface area contributed by atoms with E-state index in [1.165, 1.54) is 48.8 Å². The SMILES string of the molecule is CCNCc1cc(C2=CCCCCC2)ccc1Cl. The average molecular weight is 264 g/mol. The molecule has 1 aromatic carbocycles. The maximum Gasteiger partial charge on any atom is 0.0451 e. The minimum Gasteiger partial charge on any atom is -0.313 e. The topological polar surface area (TPSA) is 12.0 Å². The summed E-state index contributed by atoms with van der Waals surface area (Å²) in [6, 6.07) is 6.45. The summed E-state index contributed by atoms with van der Waals surface area (Å²) in [4.78, 5) is 0. The molecular weight excluding hydrogens is 242 g/mol. The van der Waals surface area contributed by atoms with Crippen molar-refractivity contribution in [2.24, 2.45) is 0 Å². The smallest absolute Gasteiger partial charge is 0.0451 e. The normalized spacial score (nSPS) is 16.2. The molecule has 0 saturated heterocycles. The summed E-state index contributed by atoms with van der Waals surface area (Å²) in [6.07, 6.45) is 8.85. The van der Waals surface area contributed by atoms with Gasteiger partial charge in [-0.15, -0.1) is 0 Å². The second-order valence-electron chi connectivity index (χ2n) is 4.92. The van der Waals surface area contributed by atoms with Crippen LogP contribution in [0.4, 0.5) is 0 Å². The number of hydrogen-bond acceptors (Lipinski definition) is 1. The number of allylic oxidation sites excluding steroid dienone is 2. The molecule has 2 heteroatoms. The zero-order chi connectivity index (χ0) is 12.8. The Bertz CT molecular complexity index is 423. The van der Waals surface area contributed by atoms with Gasteiger partial charge in [0, 0.05) is 11.6 Å². The van der Waals surface area contributed by atoms with Gasteiger partial charge in [0.1, 0.15) is 0 Å². The van der Waals surface area contributed by atoms with Crippen molar-refractivity contribution in [3.63, 3.8) is 0 Å². The van der Waals surface area contributed by atoms with Gasteiger partial charge in [-0.1, -0.05) is 37.1 Å². The van der Waals surface area contributed by atoms with E-state index in [-0.39, 0.29) is 0 Å². The van der Waals surface area contributed by atoms with E-state index in [0.717, 1.165) is 18.1 Å². The van der Waals surface area contributed by atoms with Gasteiger partial charge >= 0.3 is 0 Å². The minimum absolute atomic E-state index is 0.858. The molecule has 0 radical (unpaired) electrons. The first-order valence-corrected chi connectivity index (χ1v) is 7.37. The Balaban J connectivity index is 2.19. The Kier molecular flexibility index (Phi) is 5.27. The van der Waals surface area contributed by atoms with Gasteiger partial charge in [-0.25, -0.2) is 0 Å². The van der Waals surface area contributed by atoms with Gasteiger partial charge in [0.05, 0.1) is 0 Å². The van der Waals surface area contributed by atoms with Gasteiger partial charge in [-0.3, -0.25) is 0 Å². The zero-order valence-corrected chi connectivity index (χ0v) is 11.9. The second-order valence-corrected chi connectivity index (χ2v) is 5.32. The fourth-order valence-corrected chi connectivity index (χ4v) is 2.63. The van der Waals surface area contributed by atoms with Gasteiger partial charge in [0.2, 0.25) is 0 Å². The van der Waals surface area contributed by atoms with Crippen molar-refractivity contribution in [2.45, 2.75) is 45.6 Å². The molecule has 98 valence electrons. The molecule has 0 aromatic heterocycles. The van der Waals surface area contributed by atoms with Crippen LogP contribution in [0.5, 0.6) is 0 Å². The van der Waals surface area contributed by atoms with Crippen LogP contribution >= 0.6 is 11.6 Å². The summed E-state index contributed by atoms with van der Waals surface area (Å²) in [5.41, 5.74) is 4.07. The Labute approximate surface area is 115 Å². The molecular formula is C16H22ClN. The van der Waals surface area contributed by atoms with E-state index < -0.39 is 0 Å². The highest BCUT2D eigenvalue weighted by atomic mass is 35.5. The largest absolute Gasteiger partial charge is 0.313 e. The lowest BCUT2D eigenvalue weighted by molar-refractivity contribution is 0.719. The van der Waals surface area contributed by atoms with E-state index >= 15 is 0 Å². The van der Waals surface area contributed by atoms with Crippen molar-refractivity contribution in [1.29, 1.82) is 0 Å². The minimum atomic E-state index is 0.858. The monoisotopic (exact) mass is 263 g/mol. The molecule has 18 heavy (non-hydrogen) atoms. The molecule has 0 amide bonds. The van der Waals surface area contributed by atoms with Crippen LogP contribution in [0.2, 0.25) is 5.02 Å². The van der Waals surface area contributed by atoms with Crippen molar-refractivity contribution in [3.8, 4) is 0 Å². The molecule has 2 rings (SSSR count). The van der Waals surface area contributed by atoms with Crippen LogP contribution in [0.3, 0.4) is 0 Å². The maximum atomic E-state index is 6.24. The molecule has 1 aliphatic rings. The van der Waals surface area contributed by atoms with E-state index in [1.54, 1.807) is 0 Å². The maximum absolute atomic E-state index is 6.24. The lowest BCUT2D eigenvalue weighted by Gasteiger charge is -2.10. The van der Waals surface area contributed by atoms with Crippen molar-refractivity contribution < 1.29 is 0 Å². The quantitative estimate of drug-likeness (QED) is 0.823. The third-order valence-corrected chi connectivity index (χ3v) is 3.89. The summed E-state index contributed by atoms with van der Waals surface area (Å²) in [6.45, 7) is 3.95. The van der Waals surface area contributed by atoms with Crippen molar-refractivity contribution in [3.05, 3.63) is 40.4 Å². The van der Waals surface area contributed by atoms with E-state index in [4.69, 9.17) is 11.6 Å². The summed E-state index contributed by atoms with van der Waals surface area (Å²) >= 11 is 6.24. The molecule has 0 aliphatic heterocycles. The van der Waals surface area contributed by atoms with E-state index in [1.807, 2.05) is 6.07 Å². The Morgan fingerprint density at radius 1 is 1.22 bits per heavy atom. The summed E-state index contributed by atoms with van der Waals surface area (Å²) in [5.74, 6) is 0. The number of nitrogens with one attached hydrogen (secondary N) is 1. The van der Waals surface area contributed by atoms with Gasteiger partial charge in [0.15, 0.2) is 0 Å². The molecule has 0 fully saturated rings. The molecule has 1 nitrogen and oxygen atoms in total. The first-order chi connectivity index (χ1) is 8.81. The van der Waals surface area contributed by atoms with Crippen LogP contribution in [-0.2, 0) is 6.54 Å². The van der Waals surface area contributed by atoms with E-state index in [9.17, 15) is 0 Å². The molecule has 0 heterocycles. The van der Waals surface area contributed by atoms with Crippen LogP contribution in [0.15, 0.2) is 24.3 Å². The van der Waals surface area contributed by atoms with Crippen molar-refractivity contribution in [1.82, 2.24) is 5.32 Å². The van der Waals surface area contributed by atoms with Gasteiger partial charge in [-0.2, -0.15) is 0 Å². The third kappa shape index (κ3) is 3.60. The number of hydrogen-bond donors (Lipinski definition) is 1. The molecule has 1 aromatic rings. The van der Waals surface area contributed by atoms with E-state index in [2.05, 4.69) is 30.4 Å². The third-order valence-electron chi connectivity index (χ3n) is 3.52. The highest BCUT2D eigenvalue weighted by Crippen LogP contribution is 2.28. The Hall–Kier alpha value is -0.790. The van der Waals surface area contributed by atoms with Crippen LogP contribution < -0.4 is 5.32 Å². The molecule has 0 unspecified atom stereocenters. The first-order valence-electron chi connectivity index (χ1n) is 7.00. The predicted octanol–water partition coefficient (Wildman–Crippen LogP) is 4.80. The van der Waals surface area contributed by atoms with Crippen molar-refractivity contribution in [2.75, 3.05) is 6.54 Å². The summed E-state index contributed by atoms with van der Waals surface area (Å²) < 4.78 is 0. The molecule has 0 atom stereocenters. The Morgan fingerprint density at radius 3 is 2.94 bits per heavy atom. The zero-order valence-electron chi connectivity index (χ0n) is 11.1. The standard InChI is InChI=1S/C16H22ClN/c1-2-18-12-15-11-14(9-10-16(15)17)13-7-5-3-4-6-8-13/h7,9-11,18H,2-6,8,12H2,1H3. The fraction of sp³-hybridized carbons (Fsp3) is 0.500. The van der Waals surface area contributed by atoms with E-state index in [0.29, 0.717) is 0 Å². The fourth-order valence-electron chi connectivity index (χ4n) is 2.45. The first kappa shape index (κ1) is 13.6. The molecule has 0 bridgehead atoms. The Morgan fingerprint density at radius 2 is 2.11 bits per heavy atom. The average Bonchev–Trinajstić information content (AvgIpc) is 2.67. The van der Waals surface area contributed by atoms with Crippen LogP contribution in [0.1, 0.15) is 50.2 Å². The highest BCUT2D eigenvalue weighted by Gasteiger charge is 2.08. The molecule has 0 saturated carbocycles. The number of rotatable bonds is 4. The molecule has 1 N–H and O–H groups in total. The number of halogens is 1. The van der Waals surface area contributed by atoms with Crippen molar-refractivity contribution >= 4 is 17.2 Å². The van der Waals surface area contributed by atoms with Gasteiger partial charge in [0.25, 0.3) is 0 Å². The van der Waals surface area contributed by atoms with Crippen LogP contribution in [0.25, 0.3) is 5.57 Å². The second kappa shape index (κ2) is 6.96. The molecule has 0 spiro atoms. The lowest BCUT2D eigenvalue weighted by Crippen LogP contribution is -2.12. The summed E-state index contributed by atoms with van der Waals surface area (Å²) in [7, 11) is 0. The summed E-state index contributed by atoms with van der Waals surface area (Å²) in [5, 5.41) is 4.21. The van der Waals surface area contributed by atoms with Gasteiger partial charge in [-0.05, 0) is 61.1 Å². The predicted molar refractivity (Wildman–Crippen MR) is 79.9 cm³/mol. The van der Waals surface area contributed by atoms with Gasteiger partial charge < -0.3 is 5.32 Å². The molecule has 1 aliphatic carbocycles. The van der Waals surface area contributed by atoms with Crippen LogP contribution in [-0.4, -0.2) is 6.54 Å². The van der Waals surface area contributed by atoms with Crippen LogP contribution in [0, 0.1) is 0 Å². The highest BCUT2D eigenvalue weighted by molar-refractivity contribution is 6.31.